The van der Waals surface area contributed by atoms with E-state index in [1.54, 1.807) is 7.11 Å². The molecule has 4 rings (SSSR count). The molecule has 0 spiro atoms. The fraction of sp³-hybridized carbons (Fsp3) is 0.562. The minimum Gasteiger partial charge on any atom is -0.497 e. The highest BCUT2D eigenvalue weighted by molar-refractivity contribution is 5.73. The molecule has 22 heavy (non-hydrogen) atoms. The van der Waals surface area contributed by atoms with Crippen LogP contribution in [0.2, 0.25) is 0 Å². The molecule has 0 saturated carbocycles. The molecule has 1 unspecified atom stereocenters. The summed E-state index contributed by atoms with van der Waals surface area (Å²) in [5.74, 6) is 0.824. The van der Waals surface area contributed by atoms with E-state index in [9.17, 15) is 4.79 Å². The van der Waals surface area contributed by atoms with Crippen molar-refractivity contribution in [1.29, 1.82) is 0 Å². The number of benzene rings is 1. The van der Waals surface area contributed by atoms with Crippen molar-refractivity contribution < 1.29 is 9.53 Å². The maximum Gasteiger partial charge on any atom is 0.315 e. The van der Waals surface area contributed by atoms with Crippen LogP contribution in [0.1, 0.15) is 5.56 Å². The third-order valence-electron chi connectivity index (χ3n) is 4.50. The number of fused-ring (bicyclic) bond motifs is 3. The lowest BCUT2D eigenvalue weighted by Crippen LogP contribution is -2.63. The quantitative estimate of drug-likeness (QED) is 0.831. The molecule has 2 bridgehead atoms. The summed E-state index contributed by atoms with van der Waals surface area (Å²) in [5, 5.41) is 5.88. The van der Waals surface area contributed by atoms with E-state index in [2.05, 4.69) is 20.4 Å². The number of hydrogen-bond acceptors (Lipinski definition) is 4. The number of amides is 2. The second-order valence-corrected chi connectivity index (χ2v) is 5.90. The normalized spacial score (nSPS) is 26.5. The predicted molar refractivity (Wildman–Crippen MR) is 85.0 cm³/mol. The number of nitrogens with zero attached hydrogens (tertiary/aromatic N) is 2. The summed E-state index contributed by atoms with van der Waals surface area (Å²) in [4.78, 5) is 16.9. The number of piperazine rings is 3. The molecule has 1 atom stereocenters. The zero-order valence-electron chi connectivity index (χ0n) is 13.0. The molecule has 1 aromatic carbocycles. The first-order chi connectivity index (χ1) is 10.7. The molecule has 3 heterocycles. The van der Waals surface area contributed by atoms with Gasteiger partial charge in [-0.2, -0.15) is 0 Å². The van der Waals surface area contributed by atoms with Crippen LogP contribution < -0.4 is 15.4 Å². The van der Waals surface area contributed by atoms with Crippen molar-refractivity contribution in [2.75, 3.05) is 46.4 Å². The Kier molecular flexibility index (Phi) is 4.80. The van der Waals surface area contributed by atoms with Gasteiger partial charge in [-0.25, -0.2) is 4.79 Å². The molecule has 0 aliphatic carbocycles. The number of hydrogen-bond donors (Lipinski definition) is 2. The summed E-state index contributed by atoms with van der Waals surface area (Å²) in [5.41, 5.74) is 1.06. The number of ether oxygens (including phenoxy) is 1. The van der Waals surface area contributed by atoms with Crippen LogP contribution in [0.3, 0.4) is 0 Å². The molecule has 3 aliphatic rings. The standard InChI is InChI=1S/C16H24N4O2/c1-22-15-4-2-13(3-5-15)10-17-16(21)18-11-14-12-19-6-8-20(14)9-7-19/h2-5,14H,6-12H2,1H3,(H2,17,18,21). The van der Waals surface area contributed by atoms with Crippen molar-refractivity contribution in [3.63, 3.8) is 0 Å². The van der Waals surface area contributed by atoms with Crippen LogP contribution in [-0.4, -0.2) is 68.3 Å². The van der Waals surface area contributed by atoms with Gasteiger partial charge in [-0.05, 0) is 17.7 Å². The molecule has 6 nitrogen and oxygen atoms in total. The molecule has 3 aliphatic heterocycles. The van der Waals surface area contributed by atoms with Gasteiger partial charge in [0.2, 0.25) is 0 Å². The third kappa shape index (κ3) is 3.69. The van der Waals surface area contributed by atoms with E-state index in [4.69, 9.17) is 4.74 Å². The van der Waals surface area contributed by atoms with E-state index in [0.717, 1.165) is 30.9 Å². The topological polar surface area (TPSA) is 56.8 Å². The van der Waals surface area contributed by atoms with Crippen molar-refractivity contribution in [1.82, 2.24) is 20.4 Å². The number of carbonyl (C=O) groups is 1. The Labute approximate surface area is 131 Å². The number of urea groups is 1. The summed E-state index contributed by atoms with van der Waals surface area (Å²) < 4.78 is 5.12. The third-order valence-corrected chi connectivity index (χ3v) is 4.50. The Morgan fingerprint density at radius 1 is 1.18 bits per heavy atom. The number of methoxy groups -OCH3 is 1. The summed E-state index contributed by atoms with van der Waals surface area (Å²) >= 11 is 0. The largest absolute Gasteiger partial charge is 0.497 e. The number of nitrogens with one attached hydrogen (secondary N) is 2. The average Bonchev–Trinajstić information content (AvgIpc) is 2.59. The summed E-state index contributed by atoms with van der Waals surface area (Å²) in [6, 6.07) is 8.06. The molecular formula is C16H24N4O2. The van der Waals surface area contributed by atoms with E-state index in [1.165, 1.54) is 13.1 Å². The van der Waals surface area contributed by atoms with Crippen molar-refractivity contribution in [3.05, 3.63) is 29.8 Å². The van der Waals surface area contributed by atoms with E-state index in [-0.39, 0.29) is 6.03 Å². The smallest absolute Gasteiger partial charge is 0.315 e. The van der Waals surface area contributed by atoms with Crippen LogP contribution in [0, 0.1) is 0 Å². The van der Waals surface area contributed by atoms with Gasteiger partial charge in [0.25, 0.3) is 0 Å². The van der Waals surface area contributed by atoms with Crippen LogP contribution in [0.25, 0.3) is 0 Å². The lowest BCUT2D eigenvalue weighted by Gasteiger charge is -2.47. The van der Waals surface area contributed by atoms with Crippen LogP contribution in [0.4, 0.5) is 4.79 Å². The molecule has 6 heteroatoms. The molecule has 120 valence electrons. The van der Waals surface area contributed by atoms with Gasteiger partial charge in [0, 0.05) is 51.9 Å². The Balaban J connectivity index is 1.39. The van der Waals surface area contributed by atoms with Gasteiger partial charge in [0.1, 0.15) is 5.75 Å². The van der Waals surface area contributed by atoms with Gasteiger partial charge in [-0.1, -0.05) is 12.1 Å². The minimum atomic E-state index is -0.103. The van der Waals surface area contributed by atoms with Crippen LogP contribution in [-0.2, 0) is 6.54 Å². The molecule has 2 N–H and O–H groups in total. The van der Waals surface area contributed by atoms with Crippen LogP contribution in [0.15, 0.2) is 24.3 Å². The van der Waals surface area contributed by atoms with Crippen molar-refractivity contribution in [2.45, 2.75) is 12.6 Å². The lowest BCUT2D eigenvalue weighted by atomic mass is 10.1. The van der Waals surface area contributed by atoms with Gasteiger partial charge in [-0.3, -0.25) is 9.80 Å². The van der Waals surface area contributed by atoms with Gasteiger partial charge in [0.05, 0.1) is 7.11 Å². The Morgan fingerprint density at radius 2 is 1.91 bits per heavy atom. The lowest BCUT2D eigenvalue weighted by molar-refractivity contribution is 0.0148. The number of rotatable bonds is 5. The molecule has 3 fully saturated rings. The first-order valence-corrected chi connectivity index (χ1v) is 7.85. The fourth-order valence-corrected chi connectivity index (χ4v) is 3.12. The second-order valence-electron chi connectivity index (χ2n) is 5.90. The zero-order valence-corrected chi connectivity index (χ0v) is 13.0. The highest BCUT2D eigenvalue weighted by Crippen LogP contribution is 2.14. The Morgan fingerprint density at radius 3 is 2.50 bits per heavy atom. The van der Waals surface area contributed by atoms with E-state index < -0.39 is 0 Å². The minimum absolute atomic E-state index is 0.103. The van der Waals surface area contributed by atoms with Crippen LogP contribution >= 0.6 is 0 Å². The molecular weight excluding hydrogens is 280 g/mol. The van der Waals surface area contributed by atoms with Gasteiger partial charge in [-0.15, -0.1) is 0 Å². The van der Waals surface area contributed by atoms with Crippen molar-refractivity contribution >= 4 is 6.03 Å². The highest BCUT2D eigenvalue weighted by Gasteiger charge is 2.31. The highest BCUT2D eigenvalue weighted by atomic mass is 16.5. The predicted octanol–water partition coefficient (Wildman–Crippen LogP) is 0.494. The summed E-state index contributed by atoms with van der Waals surface area (Å²) in [7, 11) is 1.64. The molecule has 2 amide bonds. The van der Waals surface area contributed by atoms with Gasteiger partial charge in [0.15, 0.2) is 0 Å². The first kappa shape index (κ1) is 15.1. The van der Waals surface area contributed by atoms with Crippen molar-refractivity contribution in [2.24, 2.45) is 0 Å². The zero-order chi connectivity index (χ0) is 15.4. The molecule has 1 aromatic rings. The van der Waals surface area contributed by atoms with Crippen LogP contribution in [0.5, 0.6) is 5.75 Å². The van der Waals surface area contributed by atoms with Crippen molar-refractivity contribution in [3.8, 4) is 5.75 Å². The SMILES string of the molecule is COc1ccc(CNC(=O)NCC2CN3CCN2CC3)cc1. The molecule has 0 aromatic heterocycles. The van der Waals surface area contributed by atoms with Gasteiger partial charge >= 0.3 is 6.03 Å². The maximum absolute atomic E-state index is 11.9. The summed E-state index contributed by atoms with van der Waals surface area (Å²) in [6.45, 7) is 6.89. The maximum atomic E-state index is 11.9. The Hall–Kier alpha value is -1.79. The molecule has 0 radical (unpaired) electrons. The summed E-state index contributed by atoms with van der Waals surface area (Å²) in [6.07, 6.45) is 0. The first-order valence-electron chi connectivity index (χ1n) is 7.85. The number of carbonyl (C=O) groups excluding carboxylic acids is 1. The Bertz CT molecular complexity index is 497. The average molecular weight is 304 g/mol. The van der Waals surface area contributed by atoms with E-state index in [0.29, 0.717) is 19.1 Å². The van der Waals surface area contributed by atoms with Gasteiger partial charge < -0.3 is 15.4 Å². The van der Waals surface area contributed by atoms with E-state index in [1.807, 2.05) is 24.3 Å². The second kappa shape index (κ2) is 6.98. The fourth-order valence-electron chi connectivity index (χ4n) is 3.12. The van der Waals surface area contributed by atoms with E-state index >= 15 is 0 Å². The molecule has 3 saturated heterocycles. The monoisotopic (exact) mass is 304 g/mol.